The maximum Gasteiger partial charge on any atom is 0.348 e. The minimum Gasteiger partial charge on any atom is -0.453 e. The van der Waals surface area contributed by atoms with Crippen LogP contribution in [0.4, 0.5) is 0 Å². The zero-order valence-electron chi connectivity index (χ0n) is 16.4. The minimum atomic E-state index is -1.96. The summed E-state index contributed by atoms with van der Waals surface area (Å²) in [6.07, 6.45) is 0. The Bertz CT molecular complexity index is 1080. The predicted octanol–water partition coefficient (Wildman–Crippen LogP) is 4.02. The number of hydrogen-bond donors (Lipinski definition) is 1. The second kappa shape index (κ2) is 8.31. The number of nitrogens with zero attached hydrogens (tertiary/aromatic N) is 2. The number of ether oxygens (including phenoxy) is 1. The van der Waals surface area contributed by atoms with Gasteiger partial charge in [0.05, 0.1) is 0 Å². The van der Waals surface area contributed by atoms with Crippen molar-refractivity contribution in [3.63, 3.8) is 0 Å². The third kappa shape index (κ3) is 3.86. The topological polar surface area (TPSA) is 85.5 Å². The molecule has 30 heavy (non-hydrogen) atoms. The first-order chi connectivity index (χ1) is 14.6. The van der Waals surface area contributed by atoms with Gasteiger partial charge in [0.15, 0.2) is 6.61 Å². The molecule has 1 heterocycles. The van der Waals surface area contributed by atoms with E-state index in [0.717, 1.165) is 11.1 Å². The van der Waals surface area contributed by atoms with Crippen LogP contribution >= 0.6 is 0 Å². The van der Waals surface area contributed by atoms with Crippen LogP contribution < -0.4 is 0 Å². The van der Waals surface area contributed by atoms with Crippen LogP contribution in [0.2, 0.25) is 0 Å². The van der Waals surface area contributed by atoms with Gasteiger partial charge in [-0.25, -0.2) is 4.79 Å². The molecule has 0 saturated carbocycles. The Morgan fingerprint density at radius 1 is 0.933 bits per heavy atom. The molecule has 0 fully saturated rings. The summed E-state index contributed by atoms with van der Waals surface area (Å²) >= 11 is 0. The number of aliphatic hydroxyl groups is 1. The van der Waals surface area contributed by atoms with Crippen LogP contribution in [0.5, 0.6) is 0 Å². The third-order valence-electron chi connectivity index (χ3n) is 4.78. The maximum atomic E-state index is 13.0. The van der Waals surface area contributed by atoms with Gasteiger partial charge in [0.2, 0.25) is 11.4 Å². The molecule has 150 valence electrons. The predicted molar refractivity (Wildman–Crippen MR) is 110 cm³/mol. The fourth-order valence-electron chi connectivity index (χ4n) is 3.13. The van der Waals surface area contributed by atoms with E-state index in [1.165, 1.54) is 0 Å². The summed E-state index contributed by atoms with van der Waals surface area (Å²) in [5.74, 6) is -0.278. The van der Waals surface area contributed by atoms with Gasteiger partial charge in [0.25, 0.3) is 5.89 Å². The molecule has 3 aromatic carbocycles. The number of esters is 1. The molecule has 4 rings (SSSR count). The van der Waals surface area contributed by atoms with Crippen molar-refractivity contribution in [3.05, 3.63) is 108 Å². The van der Waals surface area contributed by atoms with Crippen LogP contribution in [-0.2, 0) is 21.7 Å². The fourth-order valence-corrected chi connectivity index (χ4v) is 3.13. The number of hydrogen-bond acceptors (Lipinski definition) is 6. The molecule has 0 aliphatic carbocycles. The molecule has 0 aliphatic heterocycles. The normalized spacial score (nSPS) is 11.3. The molecule has 0 amide bonds. The van der Waals surface area contributed by atoms with E-state index in [4.69, 9.17) is 9.26 Å². The fraction of sp³-hybridized carbons (Fsp3) is 0.125. The molecule has 0 aliphatic rings. The van der Waals surface area contributed by atoms with Crippen LogP contribution in [0.1, 0.15) is 22.6 Å². The molecular formula is C24H20N2O4. The third-order valence-corrected chi connectivity index (χ3v) is 4.78. The summed E-state index contributed by atoms with van der Waals surface area (Å²) in [6, 6.07) is 25.0. The lowest BCUT2D eigenvalue weighted by atomic mass is 9.86. The average molecular weight is 400 g/mol. The quantitative estimate of drug-likeness (QED) is 0.492. The summed E-state index contributed by atoms with van der Waals surface area (Å²) in [5, 5.41) is 15.3. The van der Waals surface area contributed by atoms with Gasteiger partial charge in [-0.3, -0.25) is 0 Å². The minimum absolute atomic E-state index is 0.141. The molecule has 0 saturated heterocycles. The van der Waals surface area contributed by atoms with E-state index in [-0.39, 0.29) is 12.5 Å². The number of carbonyl (C=O) groups is 1. The average Bonchev–Trinajstić information content (AvgIpc) is 3.27. The van der Waals surface area contributed by atoms with Gasteiger partial charge >= 0.3 is 5.97 Å². The van der Waals surface area contributed by atoms with E-state index >= 15 is 0 Å². The van der Waals surface area contributed by atoms with Crippen molar-refractivity contribution >= 4 is 5.97 Å². The second-order valence-electron chi connectivity index (χ2n) is 6.90. The lowest BCUT2D eigenvalue weighted by Gasteiger charge is -2.26. The number of aryl methyl sites for hydroxylation is 1. The summed E-state index contributed by atoms with van der Waals surface area (Å²) in [7, 11) is 0. The molecule has 0 unspecified atom stereocenters. The first-order valence-electron chi connectivity index (χ1n) is 9.47. The van der Waals surface area contributed by atoms with Crippen LogP contribution in [0.25, 0.3) is 11.4 Å². The van der Waals surface area contributed by atoms with Crippen molar-refractivity contribution in [3.8, 4) is 11.4 Å². The molecule has 6 nitrogen and oxygen atoms in total. The molecule has 0 bridgehead atoms. The lowest BCUT2D eigenvalue weighted by Crippen LogP contribution is -2.38. The standard InChI is InChI=1S/C24H20N2O4/c1-17-12-14-18(15-13-17)22-25-21(30-26-22)16-29-23(27)24(28,19-8-4-2-5-9-19)20-10-6-3-7-11-20/h2-15,28H,16H2,1H3. The molecule has 6 heteroatoms. The Labute approximate surface area is 173 Å². The second-order valence-corrected chi connectivity index (χ2v) is 6.90. The summed E-state index contributed by atoms with van der Waals surface area (Å²) in [4.78, 5) is 17.3. The molecule has 0 radical (unpaired) electrons. The van der Waals surface area contributed by atoms with Gasteiger partial charge in [-0.05, 0) is 18.1 Å². The number of rotatable bonds is 6. The molecular weight excluding hydrogens is 380 g/mol. The SMILES string of the molecule is Cc1ccc(-c2noc(COC(=O)C(O)(c3ccccc3)c3ccccc3)n2)cc1. The van der Waals surface area contributed by atoms with Gasteiger partial charge in [0.1, 0.15) is 0 Å². The van der Waals surface area contributed by atoms with E-state index < -0.39 is 11.6 Å². The Hall–Kier alpha value is -3.77. The van der Waals surface area contributed by atoms with Crippen molar-refractivity contribution in [2.75, 3.05) is 0 Å². The largest absolute Gasteiger partial charge is 0.453 e. The van der Waals surface area contributed by atoms with E-state index in [0.29, 0.717) is 17.0 Å². The first-order valence-corrected chi connectivity index (χ1v) is 9.47. The van der Waals surface area contributed by atoms with E-state index in [9.17, 15) is 9.90 Å². The molecule has 0 atom stereocenters. The molecule has 4 aromatic rings. The summed E-state index contributed by atoms with van der Waals surface area (Å²) < 4.78 is 10.6. The highest BCUT2D eigenvalue weighted by molar-refractivity contribution is 5.85. The molecule has 1 N–H and O–H groups in total. The van der Waals surface area contributed by atoms with Crippen LogP contribution in [-0.4, -0.2) is 21.2 Å². The zero-order chi connectivity index (χ0) is 21.0. The van der Waals surface area contributed by atoms with Crippen LogP contribution in [0, 0.1) is 6.92 Å². The van der Waals surface area contributed by atoms with E-state index in [1.807, 2.05) is 43.3 Å². The highest BCUT2D eigenvalue weighted by Crippen LogP contribution is 2.31. The van der Waals surface area contributed by atoms with Gasteiger partial charge in [-0.15, -0.1) is 0 Å². The summed E-state index contributed by atoms with van der Waals surface area (Å²) in [5.41, 5.74) is 0.783. The van der Waals surface area contributed by atoms with Crippen molar-refractivity contribution in [2.24, 2.45) is 0 Å². The lowest BCUT2D eigenvalue weighted by molar-refractivity contribution is -0.164. The molecule has 1 aromatic heterocycles. The number of aromatic nitrogens is 2. The van der Waals surface area contributed by atoms with Crippen LogP contribution in [0.15, 0.2) is 89.5 Å². The number of carbonyl (C=O) groups excluding carboxylic acids is 1. The van der Waals surface area contributed by atoms with Crippen molar-refractivity contribution < 1.29 is 19.2 Å². The van der Waals surface area contributed by atoms with Crippen LogP contribution in [0.3, 0.4) is 0 Å². The highest BCUT2D eigenvalue weighted by atomic mass is 16.6. The first kappa shape index (κ1) is 19.5. The monoisotopic (exact) mass is 400 g/mol. The maximum absolute atomic E-state index is 13.0. The van der Waals surface area contributed by atoms with Crippen molar-refractivity contribution in [2.45, 2.75) is 19.1 Å². The Kier molecular flexibility index (Phi) is 5.41. The van der Waals surface area contributed by atoms with Gasteiger partial charge < -0.3 is 14.4 Å². The van der Waals surface area contributed by atoms with Crippen molar-refractivity contribution in [1.29, 1.82) is 0 Å². The zero-order valence-corrected chi connectivity index (χ0v) is 16.4. The smallest absolute Gasteiger partial charge is 0.348 e. The van der Waals surface area contributed by atoms with Gasteiger partial charge in [0, 0.05) is 5.56 Å². The van der Waals surface area contributed by atoms with E-state index in [1.54, 1.807) is 48.5 Å². The Morgan fingerprint density at radius 3 is 2.07 bits per heavy atom. The molecule has 0 spiro atoms. The number of benzene rings is 3. The van der Waals surface area contributed by atoms with Gasteiger partial charge in [-0.1, -0.05) is 95.6 Å². The Morgan fingerprint density at radius 2 is 1.50 bits per heavy atom. The van der Waals surface area contributed by atoms with Gasteiger partial charge in [-0.2, -0.15) is 4.98 Å². The Balaban J connectivity index is 1.55. The highest BCUT2D eigenvalue weighted by Gasteiger charge is 2.41. The summed E-state index contributed by atoms with van der Waals surface area (Å²) in [6.45, 7) is 1.74. The van der Waals surface area contributed by atoms with Crippen molar-refractivity contribution in [1.82, 2.24) is 10.1 Å². The van der Waals surface area contributed by atoms with E-state index in [2.05, 4.69) is 10.1 Å².